The second-order valence-corrected chi connectivity index (χ2v) is 10.6. The second kappa shape index (κ2) is 12.6. The van der Waals surface area contributed by atoms with Crippen molar-refractivity contribution in [3.8, 4) is 0 Å². The maximum Gasteiger partial charge on any atom is 0.451 e. The van der Waals surface area contributed by atoms with E-state index in [2.05, 4.69) is 10.2 Å². The maximum absolute atomic E-state index is 14.9. The first-order valence-corrected chi connectivity index (χ1v) is 13.8. The van der Waals surface area contributed by atoms with E-state index in [1.807, 2.05) is 72.5 Å². The molecule has 2 heterocycles. The molecular weight excluding hydrogens is 572 g/mol. The number of fused-ring (bicyclic) bond motifs is 1. The molecule has 4 aromatic rings. The smallest absolute Gasteiger partial charge is 0.333 e. The molecule has 0 fully saturated rings. The number of halogens is 6. The third-order valence-electron chi connectivity index (χ3n) is 7.77. The number of aromatic nitrogens is 3. The molecule has 5 rings (SSSR count). The number of hydrogen-bond acceptors (Lipinski definition) is 4. The highest BCUT2D eigenvalue weighted by Crippen LogP contribution is 2.32. The molecule has 1 aromatic heterocycles. The second-order valence-electron chi connectivity index (χ2n) is 10.6. The van der Waals surface area contributed by atoms with Crippen LogP contribution in [0.1, 0.15) is 47.7 Å². The maximum atomic E-state index is 14.9. The Hall–Kier alpha value is -4.19. The molecule has 0 radical (unpaired) electrons. The van der Waals surface area contributed by atoms with Crippen LogP contribution in [0.2, 0.25) is 0 Å². The summed E-state index contributed by atoms with van der Waals surface area (Å²) >= 11 is 0. The van der Waals surface area contributed by atoms with Gasteiger partial charge < -0.3 is 9.47 Å². The van der Waals surface area contributed by atoms with Crippen molar-refractivity contribution in [2.45, 2.75) is 57.7 Å². The molecule has 12 heteroatoms. The van der Waals surface area contributed by atoms with Gasteiger partial charge in [0.1, 0.15) is 5.82 Å². The summed E-state index contributed by atoms with van der Waals surface area (Å²) in [5.74, 6) is -4.96. The average molecular weight is 602 g/mol. The lowest BCUT2D eigenvalue weighted by Gasteiger charge is -2.38. The summed E-state index contributed by atoms with van der Waals surface area (Å²) < 4.78 is 83.9. The van der Waals surface area contributed by atoms with E-state index in [9.17, 15) is 31.1 Å². The summed E-state index contributed by atoms with van der Waals surface area (Å²) in [4.78, 5) is 17.1. The standard InChI is InChI=1S/C31H29F6N5O/c1-20(22-10-6-3-7-11-22)42(18-21-8-4-2-5-9-21)24(14-23-15-26(33)27(34)17-25(23)32)16-29(43)40-12-13-41-28(19-40)38-39-30(41)31(35,36)37/h2-11,15,17,20,24H,12-14,16,18-19H2,1H3/t20-,24-/m1/s1. The molecule has 1 aliphatic heterocycles. The zero-order chi connectivity index (χ0) is 30.7. The minimum atomic E-state index is -4.68. The first-order valence-electron chi connectivity index (χ1n) is 13.8. The molecule has 0 N–H and O–H groups in total. The fourth-order valence-electron chi connectivity index (χ4n) is 5.49. The molecule has 2 atom stereocenters. The van der Waals surface area contributed by atoms with Crippen molar-refractivity contribution in [3.05, 3.63) is 119 Å². The summed E-state index contributed by atoms with van der Waals surface area (Å²) in [7, 11) is 0. The Balaban J connectivity index is 1.48. The van der Waals surface area contributed by atoms with E-state index in [1.165, 1.54) is 4.90 Å². The molecule has 1 amide bonds. The highest BCUT2D eigenvalue weighted by molar-refractivity contribution is 5.77. The van der Waals surface area contributed by atoms with Gasteiger partial charge in [0.15, 0.2) is 17.5 Å². The third-order valence-corrected chi connectivity index (χ3v) is 7.77. The van der Waals surface area contributed by atoms with Gasteiger partial charge in [0, 0.05) is 44.2 Å². The van der Waals surface area contributed by atoms with Crippen LogP contribution in [0.4, 0.5) is 26.3 Å². The van der Waals surface area contributed by atoms with Crippen molar-refractivity contribution in [3.63, 3.8) is 0 Å². The first kappa shape index (κ1) is 30.3. The number of carbonyl (C=O) groups excluding carboxylic acids is 1. The van der Waals surface area contributed by atoms with E-state index in [-0.39, 0.29) is 49.9 Å². The van der Waals surface area contributed by atoms with Gasteiger partial charge in [-0.1, -0.05) is 60.7 Å². The lowest BCUT2D eigenvalue weighted by atomic mass is 9.95. The number of benzene rings is 3. The lowest BCUT2D eigenvalue weighted by molar-refractivity contribution is -0.148. The van der Waals surface area contributed by atoms with Gasteiger partial charge in [-0.05, 0) is 36.1 Å². The van der Waals surface area contributed by atoms with Gasteiger partial charge in [-0.15, -0.1) is 10.2 Å². The number of alkyl halides is 3. The summed E-state index contributed by atoms with van der Waals surface area (Å²) in [6.45, 7) is 1.97. The molecule has 43 heavy (non-hydrogen) atoms. The van der Waals surface area contributed by atoms with E-state index >= 15 is 0 Å². The quantitative estimate of drug-likeness (QED) is 0.167. The Kier molecular flexibility index (Phi) is 8.86. The van der Waals surface area contributed by atoms with Crippen molar-refractivity contribution in [2.24, 2.45) is 0 Å². The molecule has 1 aliphatic rings. The summed E-state index contributed by atoms with van der Waals surface area (Å²) in [6.07, 6.45) is -4.97. The SMILES string of the molecule is C[C@H](c1ccccc1)N(Cc1ccccc1)[C@@H](CC(=O)N1CCn2c(nnc2C(F)(F)F)C1)Cc1cc(F)c(F)cc1F. The van der Waals surface area contributed by atoms with Crippen molar-refractivity contribution in [1.82, 2.24) is 24.6 Å². The van der Waals surface area contributed by atoms with E-state index < -0.39 is 41.4 Å². The molecule has 226 valence electrons. The minimum absolute atomic E-state index is 0.00780. The Bertz CT molecular complexity index is 1560. The van der Waals surface area contributed by atoms with Gasteiger partial charge in [-0.25, -0.2) is 13.2 Å². The Labute approximate surface area is 244 Å². The van der Waals surface area contributed by atoms with Crippen LogP contribution in [0, 0.1) is 17.5 Å². The van der Waals surface area contributed by atoms with Crippen LogP contribution in [0.25, 0.3) is 0 Å². The van der Waals surface area contributed by atoms with E-state index in [0.717, 1.165) is 21.8 Å². The zero-order valence-electron chi connectivity index (χ0n) is 23.2. The number of nitrogens with zero attached hydrogens (tertiary/aromatic N) is 5. The van der Waals surface area contributed by atoms with Crippen LogP contribution in [0.15, 0.2) is 72.8 Å². The third kappa shape index (κ3) is 6.90. The van der Waals surface area contributed by atoms with Crippen LogP contribution in [0.5, 0.6) is 0 Å². The highest BCUT2D eigenvalue weighted by Gasteiger charge is 2.40. The molecule has 0 aliphatic carbocycles. The largest absolute Gasteiger partial charge is 0.451 e. The van der Waals surface area contributed by atoms with Gasteiger partial charge in [0.05, 0.1) is 6.54 Å². The number of rotatable bonds is 9. The van der Waals surface area contributed by atoms with Gasteiger partial charge >= 0.3 is 6.18 Å². The molecule has 0 spiro atoms. The lowest BCUT2D eigenvalue weighted by Crippen LogP contribution is -2.45. The molecule has 0 unspecified atom stereocenters. The van der Waals surface area contributed by atoms with Gasteiger partial charge in [-0.2, -0.15) is 13.2 Å². The minimum Gasteiger partial charge on any atom is -0.333 e. The van der Waals surface area contributed by atoms with Crippen LogP contribution in [0.3, 0.4) is 0 Å². The van der Waals surface area contributed by atoms with Gasteiger partial charge in [0.2, 0.25) is 11.7 Å². The van der Waals surface area contributed by atoms with Crippen molar-refractivity contribution < 1.29 is 31.1 Å². The van der Waals surface area contributed by atoms with Crippen LogP contribution in [-0.4, -0.2) is 43.1 Å². The number of amides is 1. The van der Waals surface area contributed by atoms with E-state index in [0.29, 0.717) is 12.6 Å². The fourth-order valence-corrected chi connectivity index (χ4v) is 5.49. The summed E-state index contributed by atoms with van der Waals surface area (Å²) in [5, 5.41) is 6.92. The van der Waals surface area contributed by atoms with Gasteiger partial charge in [0.25, 0.3) is 0 Å². The molecule has 0 saturated carbocycles. The predicted molar refractivity (Wildman–Crippen MR) is 146 cm³/mol. The Morgan fingerprint density at radius 2 is 1.56 bits per heavy atom. The van der Waals surface area contributed by atoms with E-state index in [4.69, 9.17) is 0 Å². The van der Waals surface area contributed by atoms with Crippen LogP contribution in [-0.2, 0) is 37.0 Å². The van der Waals surface area contributed by atoms with Crippen molar-refractivity contribution >= 4 is 5.91 Å². The monoisotopic (exact) mass is 601 g/mol. The molecule has 0 saturated heterocycles. The number of carbonyl (C=O) groups is 1. The molecule has 6 nitrogen and oxygen atoms in total. The first-order chi connectivity index (χ1) is 20.5. The summed E-state index contributed by atoms with van der Waals surface area (Å²) in [5.41, 5.74) is 1.75. The molecular formula is C31H29F6N5O. The normalized spacial score (nSPS) is 14.9. The topological polar surface area (TPSA) is 54.3 Å². The fraction of sp³-hybridized carbons (Fsp3) is 0.323. The molecule has 3 aromatic carbocycles. The van der Waals surface area contributed by atoms with Crippen molar-refractivity contribution in [1.29, 1.82) is 0 Å². The highest BCUT2D eigenvalue weighted by atomic mass is 19.4. The summed E-state index contributed by atoms with van der Waals surface area (Å²) in [6, 6.07) is 19.2. The Morgan fingerprint density at radius 3 is 2.23 bits per heavy atom. The molecule has 0 bridgehead atoms. The predicted octanol–water partition coefficient (Wildman–Crippen LogP) is 6.32. The van der Waals surface area contributed by atoms with E-state index in [1.54, 1.807) is 0 Å². The van der Waals surface area contributed by atoms with Crippen LogP contribution < -0.4 is 0 Å². The van der Waals surface area contributed by atoms with Gasteiger partial charge in [-0.3, -0.25) is 9.69 Å². The zero-order valence-corrected chi connectivity index (χ0v) is 23.2. The average Bonchev–Trinajstić information content (AvgIpc) is 3.43. The Morgan fingerprint density at radius 1 is 0.907 bits per heavy atom. The van der Waals surface area contributed by atoms with Crippen molar-refractivity contribution in [2.75, 3.05) is 6.54 Å². The number of hydrogen-bond donors (Lipinski definition) is 0. The van der Waals surface area contributed by atoms with Crippen LogP contribution >= 0.6 is 0 Å².